The van der Waals surface area contributed by atoms with Gasteiger partial charge in [0.2, 0.25) is 5.91 Å². The van der Waals surface area contributed by atoms with E-state index in [-0.39, 0.29) is 96.6 Å². The van der Waals surface area contributed by atoms with E-state index in [2.05, 4.69) is 105 Å². The molecule has 0 bridgehead atoms. The molecule has 0 heterocycles. The number of carbonyl (C=O) groups is 2. The topological polar surface area (TPSA) is 157 Å². The van der Waals surface area contributed by atoms with Crippen molar-refractivity contribution in [3.8, 4) is 83.0 Å². The SMILES string of the molecule is CC#CC#CC#CC#CC#CC#CC#CNC(C)=O.CCCCCCCCCCC(=O)O[C@@H](COCO)COP(=O)([O-])[O-].[HH].[HH].[HH].[HH].[HH].[HH].[HH].[HH].[HH].[HH].[HH].[HH].[HH].[Na+].[Na+]. The first-order valence-corrected chi connectivity index (χ1v) is 14.8. The number of nitrogens with one attached hydrogen (secondary N) is 1. The minimum absolute atomic E-state index is 0. The Hall–Kier alpha value is -2.11. The molecule has 45 heavy (non-hydrogen) atoms. The van der Waals surface area contributed by atoms with Crippen molar-refractivity contribution in [2.75, 3.05) is 20.0 Å². The smallest absolute Gasteiger partial charge is 0.790 e. The number of hydrogen-bond donors (Lipinski definition) is 2. The number of hydrogen-bond acceptors (Lipinski definition) is 9. The molecule has 0 unspecified atom stereocenters. The van der Waals surface area contributed by atoms with Gasteiger partial charge in [0.25, 0.3) is 0 Å². The van der Waals surface area contributed by atoms with Gasteiger partial charge in [0.1, 0.15) is 12.9 Å². The number of carbonyl (C=O) groups excluding carboxylic acids is 2. The quantitative estimate of drug-likeness (QED) is 0.0379. The van der Waals surface area contributed by atoms with E-state index in [1.54, 1.807) is 6.92 Å². The molecule has 0 saturated heterocycles. The Labute approximate surface area is 331 Å². The molecule has 0 aliphatic heterocycles. The number of phosphoric acid groups is 1. The summed E-state index contributed by atoms with van der Waals surface area (Å²) in [7, 11) is -5.15. The third kappa shape index (κ3) is 46.4. The fourth-order valence-electron chi connectivity index (χ4n) is 2.65. The van der Waals surface area contributed by atoms with Crippen molar-refractivity contribution in [1.29, 1.82) is 0 Å². The second kappa shape index (κ2) is 38.1. The number of aliphatic hydroxyl groups excluding tert-OH is 1. The molecule has 0 aromatic rings. The molecule has 13 heteroatoms. The maximum Gasteiger partial charge on any atom is 1.00 e. The van der Waals surface area contributed by atoms with Crippen LogP contribution in [0.1, 0.15) is 97.1 Å². The molecule has 0 radical (unpaired) electrons. The first kappa shape index (κ1) is 49.8. The average Bonchev–Trinajstić information content (AvgIpc) is 2.95. The van der Waals surface area contributed by atoms with Crippen LogP contribution in [0.25, 0.3) is 0 Å². The van der Waals surface area contributed by atoms with Gasteiger partial charge in [-0.05, 0) is 48.9 Å². The van der Waals surface area contributed by atoms with E-state index < -0.39 is 33.3 Å². The number of esters is 1. The number of unbranched alkanes of at least 4 members (excludes halogenated alkanes) is 7. The fraction of sp³-hybridized carbons (Fsp3) is 0.500. The van der Waals surface area contributed by atoms with Gasteiger partial charge in [0.05, 0.1) is 21.0 Å². The van der Waals surface area contributed by atoms with Crippen LogP contribution < -0.4 is 74.2 Å². The van der Waals surface area contributed by atoms with E-state index in [4.69, 9.17) is 9.84 Å². The van der Waals surface area contributed by atoms with Crippen molar-refractivity contribution < 1.29 is 121 Å². The van der Waals surface area contributed by atoms with Gasteiger partial charge in [-0.15, -0.1) is 0 Å². The first-order chi connectivity index (χ1) is 20.7. The van der Waals surface area contributed by atoms with Gasteiger partial charge >= 0.3 is 65.1 Å². The molecule has 0 aliphatic rings. The van der Waals surface area contributed by atoms with E-state index in [0.29, 0.717) is 6.42 Å². The average molecular weight is 682 g/mol. The second-order valence-corrected chi connectivity index (χ2v) is 9.29. The number of amides is 1. The predicted molar refractivity (Wildman–Crippen MR) is 185 cm³/mol. The van der Waals surface area contributed by atoms with Crippen LogP contribution in [0.3, 0.4) is 0 Å². The van der Waals surface area contributed by atoms with Crippen LogP contribution in [-0.4, -0.2) is 43.1 Å². The molecule has 1 amide bonds. The van der Waals surface area contributed by atoms with Gasteiger partial charge < -0.3 is 33.5 Å². The van der Waals surface area contributed by atoms with Gasteiger partial charge in [0.15, 0.2) is 0 Å². The number of ether oxygens (including phenoxy) is 2. The summed E-state index contributed by atoms with van der Waals surface area (Å²) in [6, 6.07) is 2.34. The Morgan fingerprint density at radius 3 is 1.71 bits per heavy atom. The largest absolute Gasteiger partial charge is 1.00 e. The Morgan fingerprint density at radius 2 is 1.27 bits per heavy atom. The fourth-order valence-corrected chi connectivity index (χ4v) is 3.00. The number of rotatable bonds is 16. The van der Waals surface area contributed by atoms with Crippen molar-refractivity contribution in [3.05, 3.63) is 0 Å². The first-order valence-electron chi connectivity index (χ1n) is 13.4. The number of aliphatic hydroxyl groups is 1. The molecule has 0 aromatic carbocycles. The van der Waals surface area contributed by atoms with Crippen molar-refractivity contribution in [3.63, 3.8) is 0 Å². The normalized spacial score (nSPS) is 8.93. The minimum atomic E-state index is -5.15. The molecule has 2 N–H and O–H groups in total. The van der Waals surface area contributed by atoms with E-state index in [9.17, 15) is 23.9 Å². The van der Waals surface area contributed by atoms with E-state index in [1.807, 2.05) is 0 Å². The summed E-state index contributed by atoms with van der Waals surface area (Å²) < 4.78 is 24.2. The monoisotopic (exact) mass is 681 g/mol. The molecule has 256 valence electrons. The van der Waals surface area contributed by atoms with Gasteiger partial charge in [-0.2, -0.15) is 0 Å². The summed E-state index contributed by atoms with van der Waals surface area (Å²) >= 11 is 0. The predicted octanol–water partition coefficient (Wildman–Crippen LogP) is -1.43. The molecule has 0 saturated carbocycles. The maximum atomic E-state index is 11.7. The zero-order valence-electron chi connectivity index (χ0n) is 26.7. The van der Waals surface area contributed by atoms with Crippen molar-refractivity contribution in [1.82, 2.24) is 5.32 Å². The van der Waals surface area contributed by atoms with Crippen molar-refractivity contribution in [2.24, 2.45) is 0 Å². The maximum absolute atomic E-state index is 11.7. The molecular weight excluding hydrogens is 619 g/mol. The van der Waals surface area contributed by atoms with Gasteiger partial charge in [-0.1, -0.05) is 57.8 Å². The Kier molecular flexibility index (Phi) is 42.1. The summed E-state index contributed by atoms with van der Waals surface area (Å²) in [5.74, 6) is 31.6. The Balaban J connectivity index is -0.0000000311. The zero-order chi connectivity index (χ0) is 32.4. The van der Waals surface area contributed by atoms with Gasteiger partial charge in [-0.25, -0.2) is 0 Å². The molecule has 0 rings (SSSR count). The number of phosphoric ester groups is 1. The summed E-state index contributed by atoms with van der Waals surface area (Å²) in [5.41, 5.74) is 0. The Bertz CT molecular complexity index is 1370. The molecule has 0 spiro atoms. The zero-order valence-corrected chi connectivity index (χ0v) is 31.6. The van der Waals surface area contributed by atoms with E-state index in [1.165, 1.54) is 32.6 Å². The summed E-state index contributed by atoms with van der Waals surface area (Å²) in [6.07, 6.45) is 7.90. The van der Waals surface area contributed by atoms with Crippen LogP contribution >= 0.6 is 7.82 Å². The molecule has 0 fully saturated rings. The summed E-state index contributed by atoms with van der Waals surface area (Å²) in [4.78, 5) is 43.0. The Morgan fingerprint density at radius 1 is 0.800 bits per heavy atom. The van der Waals surface area contributed by atoms with Gasteiger partial charge in [0, 0.05) is 73.5 Å². The third-order valence-electron chi connectivity index (χ3n) is 4.46. The summed E-state index contributed by atoms with van der Waals surface area (Å²) in [5, 5.41) is 10.8. The summed E-state index contributed by atoms with van der Waals surface area (Å²) in [6.45, 7) is 3.74. The van der Waals surface area contributed by atoms with Crippen LogP contribution in [-0.2, 0) is 28.2 Å². The molecule has 0 aliphatic carbocycles. The van der Waals surface area contributed by atoms with Gasteiger partial charge in [-0.3, -0.25) is 14.9 Å². The van der Waals surface area contributed by atoms with E-state index >= 15 is 0 Å². The minimum Gasteiger partial charge on any atom is -0.790 e. The standard InChI is InChI=1S/C17H7NO.C15H31O8P.2Na.13H2/c1-3-4-5-6-7-8-9-10-11-12-13-14-15-16-18-17(2)19;1-2-3-4-5-6-7-8-9-10-15(17)23-14(11-21-13-16)12-22-24(18,19)20;;;;;;;;;;;;;;;/h1-2H3,(H,18,19);14,16H,2-13H2,1H3,(H2,18,19,20);;;13*1H/q;;2*+1;;;;;;;;;;;;;/p-2/t;14-;;;;;;;;;;;;;;;/m.0.............../s1. The molecule has 10 nitrogen and oxygen atoms in total. The third-order valence-corrected chi connectivity index (χ3v) is 4.92. The van der Waals surface area contributed by atoms with Crippen molar-refractivity contribution >= 4 is 19.7 Å². The van der Waals surface area contributed by atoms with Crippen LogP contribution in [0.5, 0.6) is 0 Å². The molecular formula is C32H62NNa2O9P. The van der Waals surface area contributed by atoms with Crippen molar-refractivity contribution in [2.45, 2.75) is 84.7 Å². The van der Waals surface area contributed by atoms with Crippen LogP contribution in [0.4, 0.5) is 0 Å². The molecule has 0 aromatic heterocycles. The van der Waals surface area contributed by atoms with Crippen LogP contribution in [0.2, 0.25) is 0 Å². The molecule has 1 atom stereocenters. The van der Waals surface area contributed by atoms with Crippen LogP contribution in [0.15, 0.2) is 0 Å². The van der Waals surface area contributed by atoms with Crippen LogP contribution in [0, 0.1) is 83.0 Å². The second-order valence-electron chi connectivity index (χ2n) is 8.14. The van der Waals surface area contributed by atoms with E-state index in [0.717, 1.165) is 19.3 Å².